The van der Waals surface area contributed by atoms with Crippen LogP contribution in [0.4, 0.5) is 10.1 Å². The number of benzene rings is 1. The van der Waals surface area contributed by atoms with E-state index in [4.69, 9.17) is 16.2 Å². The van der Waals surface area contributed by atoms with Crippen LogP contribution >= 0.6 is 11.3 Å². The number of carbonyl (C=O) groups is 2. The van der Waals surface area contributed by atoms with E-state index in [9.17, 15) is 14.0 Å². The Morgan fingerprint density at radius 2 is 2.14 bits per heavy atom. The predicted molar refractivity (Wildman–Crippen MR) is 78.5 cm³/mol. The average molecular weight is 311 g/mol. The van der Waals surface area contributed by atoms with Crippen molar-refractivity contribution < 1.29 is 18.7 Å². The van der Waals surface area contributed by atoms with Crippen LogP contribution in [-0.4, -0.2) is 31.6 Å². The van der Waals surface area contributed by atoms with Crippen molar-refractivity contribution >= 4 is 38.9 Å². The first-order valence-corrected chi connectivity index (χ1v) is 6.92. The Balaban J connectivity index is 1.99. The predicted octanol–water partition coefficient (Wildman–Crippen LogP) is 0.854. The zero-order chi connectivity index (χ0) is 15.4. The molecular weight excluding hydrogens is 297 g/mol. The topological polar surface area (TPSA) is 107 Å². The number of primary amides is 1. The lowest BCUT2D eigenvalue weighted by Crippen LogP contribution is -2.28. The molecule has 0 bridgehead atoms. The van der Waals surface area contributed by atoms with Crippen LogP contribution in [0, 0.1) is 5.82 Å². The standard InChI is InChI=1S/C13H14FN3O3S/c14-7-1-2-9-8(5-7)11(16)12(21-9)13(19)17-3-4-20-6-10(15)18/h1-2,5H,3-4,6,16H2,(H2,15,18)(H,17,19). The molecule has 0 aliphatic carbocycles. The fourth-order valence-corrected chi connectivity index (χ4v) is 2.77. The Labute approximate surface area is 123 Å². The third-order valence-electron chi connectivity index (χ3n) is 2.67. The largest absolute Gasteiger partial charge is 0.397 e. The highest BCUT2D eigenvalue weighted by atomic mass is 32.1. The summed E-state index contributed by atoms with van der Waals surface area (Å²) >= 11 is 1.19. The van der Waals surface area contributed by atoms with Crippen LogP contribution in [0.15, 0.2) is 18.2 Å². The zero-order valence-electron chi connectivity index (χ0n) is 11.0. The van der Waals surface area contributed by atoms with Crippen molar-refractivity contribution in [2.45, 2.75) is 0 Å². The molecule has 2 rings (SSSR count). The van der Waals surface area contributed by atoms with Gasteiger partial charge in [-0.2, -0.15) is 0 Å². The molecule has 1 heterocycles. The lowest BCUT2D eigenvalue weighted by Gasteiger charge is -2.04. The second-order valence-electron chi connectivity index (χ2n) is 4.26. The average Bonchev–Trinajstić information content (AvgIpc) is 2.75. The Kier molecular flexibility index (Phi) is 4.71. The molecule has 0 aliphatic heterocycles. The lowest BCUT2D eigenvalue weighted by atomic mass is 10.2. The van der Waals surface area contributed by atoms with Crippen molar-refractivity contribution in [2.24, 2.45) is 5.73 Å². The number of rotatable bonds is 6. The molecule has 0 spiro atoms. The summed E-state index contributed by atoms with van der Waals surface area (Å²) in [6, 6.07) is 4.20. The van der Waals surface area contributed by atoms with Crippen LogP contribution in [0.1, 0.15) is 9.67 Å². The van der Waals surface area contributed by atoms with Gasteiger partial charge in [0.05, 0.1) is 12.3 Å². The number of nitrogens with two attached hydrogens (primary N) is 2. The molecule has 2 amide bonds. The zero-order valence-corrected chi connectivity index (χ0v) is 11.8. The molecule has 21 heavy (non-hydrogen) atoms. The van der Waals surface area contributed by atoms with Crippen LogP contribution in [0.2, 0.25) is 0 Å². The number of hydrogen-bond donors (Lipinski definition) is 3. The minimum absolute atomic E-state index is 0.161. The van der Waals surface area contributed by atoms with Crippen LogP contribution in [0.5, 0.6) is 0 Å². The maximum Gasteiger partial charge on any atom is 0.263 e. The SMILES string of the molecule is NC(=O)COCCNC(=O)c1sc2ccc(F)cc2c1N. The van der Waals surface area contributed by atoms with Gasteiger partial charge in [-0.1, -0.05) is 0 Å². The Morgan fingerprint density at radius 3 is 2.86 bits per heavy atom. The number of ether oxygens (including phenoxy) is 1. The number of anilines is 1. The number of nitrogens with one attached hydrogen (secondary N) is 1. The first kappa shape index (κ1) is 15.2. The van der Waals surface area contributed by atoms with Crippen molar-refractivity contribution in [2.75, 3.05) is 25.5 Å². The number of amides is 2. The van der Waals surface area contributed by atoms with Crippen molar-refractivity contribution in [1.29, 1.82) is 0 Å². The Hall–Kier alpha value is -2.19. The van der Waals surface area contributed by atoms with Crippen LogP contribution in [-0.2, 0) is 9.53 Å². The maximum absolute atomic E-state index is 13.2. The van der Waals surface area contributed by atoms with Gasteiger partial charge in [0.15, 0.2) is 0 Å². The van der Waals surface area contributed by atoms with E-state index in [-0.39, 0.29) is 31.4 Å². The van der Waals surface area contributed by atoms with E-state index >= 15 is 0 Å². The molecule has 8 heteroatoms. The molecule has 1 aromatic carbocycles. The van der Waals surface area contributed by atoms with Gasteiger partial charge in [-0.15, -0.1) is 11.3 Å². The number of nitrogen functional groups attached to an aromatic ring is 1. The monoisotopic (exact) mass is 311 g/mol. The first-order chi connectivity index (χ1) is 9.99. The smallest absolute Gasteiger partial charge is 0.263 e. The molecule has 0 aliphatic rings. The molecule has 6 nitrogen and oxygen atoms in total. The second kappa shape index (κ2) is 6.51. The summed E-state index contributed by atoms with van der Waals surface area (Å²) in [6.07, 6.45) is 0. The third-order valence-corrected chi connectivity index (χ3v) is 3.86. The van der Waals surface area contributed by atoms with E-state index < -0.39 is 11.7 Å². The van der Waals surface area contributed by atoms with Gasteiger partial charge < -0.3 is 21.5 Å². The number of thiophene rings is 1. The van der Waals surface area contributed by atoms with Crippen molar-refractivity contribution in [3.05, 3.63) is 28.9 Å². The van der Waals surface area contributed by atoms with Crippen LogP contribution in [0.3, 0.4) is 0 Å². The van der Waals surface area contributed by atoms with Gasteiger partial charge >= 0.3 is 0 Å². The van der Waals surface area contributed by atoms with Gasteiger partial charge in [0, 0.05) is 16.6 Å². The normalized spacial score (nSPS) is 10.7. The molecule has 0 fully saturated rings. The van der Waals surface area contributed by atoms with E-state index in [0.29, 0.717) is 10.3 Å². The summed E-state index contributed by atoms with van der Waals surface area (Å²) in [4.78, 5) is 22.8. The quantitative estimate of drug-likeness (QED) is 0.687. The summed E-state index contributed by atoms with van der Waals surface area (Å²) in [7, 11) is 0. The molecule has 112 valence electrons. The summed E-state index contributed by atoms with van der Waals surface area (Å²) in [5.41, 5.74) is 11.0. The fraction of sp³-hybridized carbons (Fsp3) is 0.231. The minimum atomic E-state index is -0.572. The molecule has 0 radical (unpaired) electrons. The number of fused-ring (bicyclic) bond motifs is 1. The van der Waals surface area contributed by atoms with Gasteiger partial charge in [0.25, 0.3) is 5.91 Å². The molecule has 0 unspecified atom stereocenters. The molecule has 0 saturated heterocycles. The van der Waals surface area contributed by atoms with E-state index in [0.717, 1.165) is 4.70 Å². The third kappa shape index (κ3) is 3.67. The van der Waals surface area contributed by atoms with Gasteiger partial charge in [0.2, 0.25) is 5.91 Å². The molecule has 2 aromatic rings. The Bertz CT molecular complexity index is 687. The summed E-state index contributed by atoms with van der Waals surface area (Å²) < 4.78 is 18.8. The highest BCUT2D eigenvalue weighted by Gasteiger charge is 2.16. The second-order valence-corrected chi connectivity index (χ2v) is 5.31. The van der Waals surface area contributed by atoms with Gasteiger partial charge in [-0.25, -0.2) is 4.39 Å². The fourth-order valence-electron chi connectivity index (χ4n) is 1.75. The molecular formula is C13H14FN3O3S. The van der Waals surface area contributed by atoms with E-state index in [2.05, 4.69) is 5.32 Å². The molecule has 0 saturated carbocycles. The highest BCUT2D eigenvalue weighted by molar-refractivity contribution is 7.21. The number of carbonyl (C=O) groups excluding carboxylic acids is 2. The number of halogens is 1. The summed E-state index contributed by atoms with van der Waals surface area (Å²) in [5.74, 6) is -1.34. The summed E-state index contributed by atoms with van der Waals surface area (Å²) in [5, 5.41) is 3.13. The van der Waals surface area contributed by atoms with Gasteiger partial charge in [-0.05, 0) is 18.2 Å². The van der Waals surface area contributed by atoms with Crippen molar-refractivity contribution in [3.63, 3.8) is 0 Å². The van der Waals surface area contributed by atoms with Gasteiger partial charge in [0.1, 0.15) is 17.3 Å². The van der Waals surface area contributed by atoms with E-state index in [1.54, 1.807) is 6.07 Å². The number of hydrogen-bond acceptors (Lipinski definition) is 5. The van der Waals surface area contributed by atoms with Crippen molar-refractivity contribution in [1.82, 2.24) is 5.32 Å². The maximum atomic E-state index is 13.2. The summed E-state index contributed by atoms with van der Waals surface area (Å²) in [6.45, 7) is 0.183. The van der Waals surface area contributed by atoms with Gasteiger partial charge in [-0.3, -0.25) is 9.59 Å². The first-order valence-electron chi connectivity index (χ1n) is 6.11. The Morgan fingerprint density at radius 1 is 1.38 bits per heavy atom. The molecule has 0 atom stereocenters. The van der Waals surface area contributed by atoms with E-state index in [1.165, 1.54) is 23.5 Å². The molecule has 1 aromatic heterocycles. The minimum Gasteiger partial charge on any atom is -0.397 e. The molecule has 5 N–H and O–H groups in total. The van der Waals surface area contributed by atoms with Crippen LogP contribution < -0.4 is 16.8 Å². The van der Waals surface area contributed by atoms with Crippen LogP contribution in [0.25, 0.3) is 10.1 Å². The lowest BCUT2D eigenvalue weighted by molar-refractivity contribution is -0.122. The highest BCUT2D eigenvalue weighted by Crippen LogP contribution is 2.33. The van der Waals surface area contributed by atoms with E-state index in [1.807, 2.05) is 0 Å². The van der Waals surface area contributed by atoms with Crippen molar-refractivity contribution in [3.8, 4) is 0 Å².